The van der Waals surface area contributed by atoms with Crippen LogP contribution in [0.1, 0.15) is 19.4 Å². The second kappa shape index (κ2) is 8.23. The zero-order valence-electron chi connectivity index (χ0n) is 14.0. The van der Waals surface area contributed by atoms with Crippen molar-refractivity contribution in [3.63, 3.8) is 0 Å². The molecular weight excluding hydrogens is 363 g/mol. The van der Waals surface area contributed by atoms with E-state index in [2.05, 4.69) is 10.6 Å². The van der Waals surface area contributed by atoms with Gasteiger partial charge in [-0.2, -0.15) is 0 Å². The number of anilines is 2. The zero-order valence-corrected chi connectivity index (χ0v) is 15.5. The van der Waals surface area contributed by atoms with Gasteiger partial charge in [0.15, 0.2) is 6.10 Å². The first-order valence-electron chi connectivity index (χ1n) is 7.57. The maximum absolute atomic E-state index is 12.3. The molecule has 2 aromatic carbocycles. The van der Waals surface area contributed by atoms with Crippen LogP contribution in [-0.2, 0) is 9.59 Å². The summed E-state index contributed by atoms with van der Waals surface area (Å²) >= 11 is 11.9. The van der Waals surface area contributed by atoms with Gasteiger partial charge in [0.05, 0.1) is 10.7 Å². The van der Waals surface area contributed by atoms with Crippen LogP contribution >= 0.6 is 23.2 Å². The minimum Gasteiger partial charge on any atom is -0.481 e. The normalized spacial score (nSPS) is 11.6. The first-order chi connectivity index (χ1) is 11.8. The summed E-state index contributed by atoms with van der Waals surface area (Å²) in [6.07, 6.45) is -0.722. The Balaban J connectivity index is 2.07. The third kappa shape index (κ3) is 5.37. The molecule has 1 unspecified atom stereocenters. The monoisotopic (exact) mass is 380 g/mol. The molecule has 0 aliphatic heterocycles. The van der Waals surface area contributed by atoms with E-state index in [1.807, 2.05) is 6.92 Å². The van der Waals surface area contributed by atoms with Crippen molar-refractivity contribution < 1.29 is 14.3 Å². The SMILES string of the molecule is CC(=O)Nc1cc(NC(=O)C(C)Oc2ccc(Cl)cc2C)ccc1Cl. The molecule has 25 heavy (non-hydrogen) atoms. The average Bonchev–Trinajstić information content (AvgIpc) is 2.52. The Labute approximate surface area is 156 Å². The van der Waals surface area contributed by atoms with Crippen molar-refractivity contribution in [1.82, 2.24) is 0 Å². The molecule has 1 atom stereocenters. The van der Waals surface area contributed by atoms with Gasteiger partial charge in [-0.25, -0.2) is 0 Å². The summed E-state index contributed by atoms with van der Waals surface area (Å²) in [6.45, 7) is 4.88. The highest BCUT2D eigenvalue weighted by atomic mass is 35.5. The smallest absolute Gasteiger partial charge is 0.265 e. The van der Waals surface area contributed by atoms with Crippen LogP contribution < -0.4 is 15.4 Å². The van der Waals surface area contributed by atoms with Crippen LogP contribution in [0.25, 0.3) is 0 Å². The minimum absolute atomic E-state index is 0.250. The molecule has 0 saturated carbocycles. The molecule has 0 fully saturated rings. The summed E-state index contributed by atoms with van der Waals surface area (Å²) in [6, 6.07) is 10.0. The van der Waals surface area contributed by atoms with Crippen molar-refractivity contribution in [3.05, 3.63) is 52.0 Å². The Bertz CT molecular complexity index is 809. The lowest BCUT2D eigenvalue weighted by Crippen LogP contribution is -2.30. The Morgan fingerprint density at radius 1 is 1.08 bits per heavy atom. The van der Waals surface area contributed by atoms with E-state index in [1.54, 1.807) is 43.3 Å². The van der Waals surface area contributed by atoms with Gasteiger partial charge in [0, 0.05) is 17.6 Å². The van der Waals surface area contributed by atoms with Gasteiger partial charge < -0.3 is 15.4 Å². The Hall–Kier alpha value is -2.24. The standard InChI is InChI=1S/C18H18Cl2N2O3/c1-10-8-13(19)4-7-17(10)25-11(2)18(24)22-14-5-6-15(20)16(9-14)21-12(3)23/h4-9,11H,1-3H3,(H,21,23)(H,22,24). The van der Waals surface area contributed by atoms with E-state index in [0.717, 1.165) is 5.56 Å². The van der Waals surface area contributed by atoms with Crippen molar-refractivity contribution in [2.75, 3.05) is 10.6 Å². The molecule has 0 bridgehead atoms. The van der Waals surface area contributed by atoms with E-state index in [1.165, 1.54) is 6.92 Å². The molecule has 2 N–H and O–H groups in total. The topological polar surface area (TPSA) is 67.4 Å². The molecule has 132 valence electrons. The average molecular weight is 381 g/mol. The molecule has 0 radical (unpaired) electrons. The quantitative estimate of drug-likeness (QED) is 0.791. The zero-order chi connectivity index (χ0) is 18.6. The second-order valence-electron chi connectivity index (χ2n) is 5.53. The number of benzene rings is 2. The van der Waals surface area contributed by atoms with Gasteiger partial charge in [-0.3, -0.25) is 9.59 Å². The highest BCUT2D eigenvalue weighted by Crippen LogP contribution is 2.26. The lowest BCUT2D eigenvalue weighted by molar-refractivity contribution is -0.122. The minimum atomic E-state index is -0.722. The van der Waals surface area contributed by atoms with E-state index < -0.39 is 6.10 Å². The molecule has 2 rings (SSSR count). The number of nitrogens with one attached hydrogen (secondary N) is 2. The van der Waals surface area contributed by atoms with Crippen LogP contribution in [0, 0.1) is 6.92 Å². The number of hydrogen-bond donors (Lipinski definition) is 2. The third-order valence-electron chi connectivity index (χ3n) is 3.35. The molecule has 5 nitrogen and oxygen atoms in total. The van der Waals surface area contributed by atoms with E-state index >= 15 is 0 Å². The van der Waals surface area contributed by atoms with Crippen molar-refractivity contribution in [1.29, 1.82) is 0 Å². The van der Waals surface area contributed by atoms with Crippen LogP contribution in [0.5, 0.6) is 5.75 Å². The van der Waals surface area contributed by atoms with Gasteiger partial charge in [-0.15, -0.1) is 0 Å². The van der Waals surface area contributed by atoms with Crippen molar-refractivity contribution >= 4 is 46.4 Å². The molecule has 0 saturated heterocycles. The predicted molar refractivity (Wildman–Crippen MR) is 101 cm³/mol. The first-order valence-corrected chi connectivity index (χ1v) is 8.32. The molecule has 7 heteroatoms. The molecule has 0 aliphatic carbocycles. The number of carbonyl (C=O) groups is 2. The Morgan fingerprint density at radius 2 is 1.80 bits per heavy atom. The van der Waals surface area contributed by atoms with Gasteiger partial charge in [0.2, 0.25) is 5.91 Å². The van der Waals surface area contributed by atoms with E-state index in [0.29, 0.717) is 27.2 Å². The van der Waals surface area contributed by atoms with Crippen molar-refractivity contribution in [3.8, 4) is 5.75 Å². The number of aryl methyl sites for hydroxylation is 1. The van der Waals surface area contributed by atoms with E-state index in [4.69, 9.17) is 27.9 Å². The Kier molecular flexibility index (Phi) is 6.28. The number of ether oxygens (including phenoxy) is 1. The summed E-state index contributed by atoms with van der Waals surface area (Å²) in [4.78, 5) is 23.5. The first kappa shape index (κ1) is 19.1. The fourth-order valence-corrected chi connectivity index (χ4v) is 2.51. The van der Waals surface area contributed by atoms with Crippen molar-refractivity contribution in [2.45, 2.75) is 26.9 Å². The van der Waals surface area contributed by atoms with Gasteiger partial charge in [-0.05, 0) is 55.8 Å². The fourth-order valence-electron chi connectivity index (χ4n) is 2.12. The molecule has 0 heterocycles. The summed E-state index contributed by atoms with van der Waals surface area (Å²) in [5.41, 5.74) is 1.77. The van der Waals surface area contributed by atoms with Gasteiger partial charge in [0.25, 0.3) is 5.91 Å². The molecule has 0 aromatic heterocycles. The Morgan fingerprint density at radius 3 is 2.44 bits per heavy atom. The molecule has 2 aromatic rings. The van der Waals surface area contributed by atoms with E-state index in [-0.39, 0.29) is 11.8 Å². The van der Waals surface area contributed by atoms with Crippen LogP contribution in [0.2, 0.25) is 10.0 Å². The summed E-state index contributed by atoms with van der Waals surface area (Å²) in [7, 11) is 0. The predicted octanol–water partition coefficient (Wildman–Crippen LogP) is 4.67. The summed E-state index contributed by atoms with van der Waals surface area (Å²) < 4.78 is 5.69. The number of halogens is 2. The second-order valence-corrected chi connectivity index (χ2v) is 6.38. The molecule has 0 aliphatic rings. The molecular formula is C18H18Cl2N2O3. The van der Waals surface area contributed by atoms with Gasteiger partial charge in [-0.1, -0.05) is 23.2 Å². The van der Waals surface area contributed by atoms with Crippen LogP contribution in [0.3, 0.4) is 0 Å². The lowest BCUT2D eigenvalue weighted by atomic mass is 10.2. The van der Waals surface area contributed by atoms with Gasteiger partial charge in [0.1, 0.15) is 5.75 Å². The largest absolute Gasteiger partial charge is 0.481 e. The van der Waals surface area contributed by atoms with Crippen LogP contribution in [0.15, 0.2) is 36.4 Å². The van der Waals surface area contributed by atoms with Crippen LogP contribution in [0.4, 0.5) is 11.4 Å². The highest BCUT2D eigenvalue weighted by molar-refractivity contribution is 6.33. The third-order valence-corrected chi connectivity index (χ3v) is 3.92. The summed E-state index contributed by atoms with van der Waals surface area (Å²) in [5, 5.41) is 6.33. The fraction of sp³-hybridized carbons (Fsp3) is 0.222. The maximum Gasteiger partial charge on any atom is 0.265 e. The van der Waals surface area contributed by atoms with E-state index in [9.17, 15) is 9.59 Å². The number of carbonyl (C=O) groups excluding carboxylic acids is 2. The van der Waals surface area contributed by atoms with Crippen LogP contribution in [-0.4, -0.2) is 17.9 Å². The molecule has 2 amide bonds. The molecule has 0 spiro atoms. The lowest BCUT2D eigenvalue weighted by Gasteiger charge is -2.17. The summed E-state index contributed by atoms with van der Waals surface area (Å²) in [5.74, 6) is 0.00725. The highest BCUT2D eigenvalue weighted by Gasteiger charge is 2.16. The maximum atomic E-state index is 12.3. The van der Waals surface area contributed by atoms with Gasteiger partial charge >= 0.3 is 0 Å². The van der Waals surface area contributed by atoms with Crippen molar-refractivity contribution in [2.24, 2.45) is 0 Å². The number of hydrogen-bond acceptors (Lipinski definition) is 3. The number of rotatable bonds is 5. The number of amides is 2.